The van der Waals surface area contributed by atoms with Crippen LogP contribution in [0.4, 0.5) is 5.69 Å². The zero-order chi connectivity index (χ0) is 20.1. The first-order chi connectivity index (χ1) is 13.5. The molecule has 0 atom stereocenters. The van der Waals surface area contributed by atoms with Crippen LogP contribution >= 0.6 is 23.2 Å². The summed E-state index contributed by atoms with van der Waals surface area (Å²) in [6.45, 7) is 0. The molecule has 1 heterocycles. The van der Waals surface area contributed by atoms with Crippen molar-refractivity contribution >= 4 is 40.9 Å². The Labute approximate surface area is 171 Å². The van der Waals surface area contributed by atoms with E-state index < -0.39 is 5.91 Å². The first-order valence-electron chi connectivity index (χ1n) is 8.00. The van der Waals surface area contributed by atoms with Crippen molar-refractivity contribution in [3.8, 4) is 23.5 Å². The second kappa shape index (κ2) is 8.45. The summed E-state index contributed by atoms with van der Waals surface area (Å²) in [5.74, 6) is 0.0986. The summed E-state index contributed by atoms with van der Waals surface area (Å²) < 4.78 is 5.68. The Morgan fingerprint density at radius 1 is 1.04 bits per heavy atom. The number of hydrogen-bond donors (Lipinski definition) is 1. The number of benzene rings is 2. The summed E-state index contributed by atoms with van der Waals surface area (Å²) in [7, 11) is 0. The highest BCUT2D eigenvalue weighted by Gasteiger charge is 2.14. The van der Waals surface area contributed by atoms with Crippen molar-refractivity contribution in [2.45, 2.75) is 0 Å². The molecule has 0 saturated heterocycles. The zero-order valence-electron chi connectivity index (χ0n) is 14.2. The maximum Gasteiger partial charge on any atom is 0.266 e. The third-order valence-electron chi connectivity index (χ3n) is 3.79. The summed E-state index contributed by atoms with van der Waals surface area (Å²) in [5.41, 5.74) is 1.04. The Balaban J connectivity index is 1.87. The van der Waals surface area contributed by atoms with Crippen LogP contribution in [0.2, 0.25) is 10.0 Å². The molecule has 0 spiro atoms. The lowest BCUT2D eigenvalue weighted by atomic mass is 10.1. The van der Waals surface area contributed by atoms with Crippen molar-refractivity contribution in [1.29, 1.82) is 10.5 Å². The Bertz CT molecular complexity index is 1170. The van der Waals surface area contributed by atoms with Crippen LogP contribution in [0.1, 0.15) is 11.3 Å². The minimum Gasteiger partial charge on any atom is -0.457 e. The van der Waals surface area contributed by atoms with E-state index in [2.05, 4.69) is 5.32 Å². The Morgan fingerprint density at radius 3 is 2.57 bits per heavy atom. The largest absolute Gasteiger partial charge is 0.457 e. The zero-order valence-corrected chi connectivity index (χ0v) is 15.8. The van der Waals surface area contributed by atoms with Crippen molar-refractivity contribution in [3.63, 3.8) is 0 Å². The number of anilines is 1. The maximum atomic E-state index is 12.4. The van der Waals surface area contributed by atoms with Gasteiger partial charge in [-0.1, -0.05) is 41.4 Å². The van der Waals surface area contributed by atoms with E-state index in [0.717, 1.165) is 0 Å². The lowest BCUT2D eigenvalue weighted by Gasteiger charge is -2.05. The standard InChI is InChI=1S/C21H11Cl2N3O2/c22-17-6-3-5-16(20(17)23)19-9-8-15(28-19)10-14(12-25)21(27)26-18-7-2-1-4-13(18)11-24/h1-10H,(H,26,27)/b14-10+. The van der Waals surface area contributed by atoms with Gasteiger partial charge in [-0.3, -0.25) is 4.79 Å². The van der Waals surface area contributed by atoms with Gasteiger partial charge in [0.05, 0.1) is 21.3 Å². The van der Waals surface area contributed by atoms with Crippen LogP contribution in [-0.2, 0) is 4.79 Å². The molecule has 0 radical (unpaired) electrons. The molecule has 0 unspecified atom stereocenters. The fraction of sp³-hybridized carbons (Fsp3) is 0. The Hall–Kier alpha value is -3.51. The van der Waals surface area contributed by atoms with E-state index in [9.17, 15) is 10.1 Å². The number of nitrogens with zero attached hydrogens (tertiary/aromatic N) is 2. The number of nitriles is 2. The fourth-order valence-electron chi connectivity index (χ4n) is 2.44. The molecule has 0 fully saturated rings. The third kappa shape index (κ3) is 4.07. The number of amides is 1. The summed E-state index contributed by atoms with van der Waals surface area (Å²) in [6.07, 6.45) is 1.31. The van der Waals surface area contributed by atoms with Crippen molar-refractivity contribution in [2.24, 2.45) is 0 Å². The number of hydrogen-bond acceptors (Lipinski definition) is 4. The number of furan rings is 1. The molecule has 0 saturated carbocycles. The number of halogens is 2. The van der Waals surface area contributed by atoms with E-state index in [0.29, 0.717) is 38.4 Å². The SMILES string of the molecule is N#C/C(=C\c1ccc(-c2cccc(Cl)c2Cl)o1)C(=O)Nc1ccccc1C#N. The highest BCUT2D eigenvalue weighted by atomic mass is 35.5. The van der Waals surface area contributed by atoms with Crippen LogP contribution in [0.5, 0.6) is 0 Å². The van der Waals surface area contributed by atoms with E-state index in [1.54, 1.807) is 54.6 Å². The molecule has 0 aliphatic rings. The van der Waals surface area contributed by atoms with Crippen LogP contribution in [0, 0.1) is 22.7 Å². The minimum absolute atomic E-state index is 0.175. The first kappa shape index (κ1) is 19.3. The highest BCUT2D eigenvalue weighted by Crippen LogP contribution is 2.34. The third-order valence-corrected chi connectivity index (χ3v) is 4.61. The van der Waals surface area contributed by atoms with Gasteiger partial charge in [-0.15, -0.1) is 0 Å². The number of carbonyl (C=O) groups is 1. The molecule has 1 N–H and O–H groups in total. The van der Waals surface area contributed by atoms with E-state index in [1.807, 2.05) is 12.1 Å². The number of rotatable bonds is 4. The lowest BCUT2D eigenvalue weighted by Crippen LogP contribution is -2.14. The topological polar surface area (TPSA) is 89.8 Å². The molecule has 1 amide bonds. The summed E-state index contributed by atoms with van der Waals surface area (Å²) in [4.78, 5) is 12.4. The average molecular weight is 408 g/mol. The lowest BCUT2D eigenvalue weighted by molar-refractivity contribution is -0.112. The molecule has 1 aromatic heterocycles. The molecule has 3 aromatic rings. The quantitative estimate of drug-likeness (QED) is 0.445. The fourth-order valence-corrected chi connectivity index (χ4v) is 2.83. The average Bonchev–Trinajstić information content (AvgIpc) is 3.17. The molecular weight excluding hydrogens is 397 g/mol. The molecular formula is C21H11Cl2N3O2. The van der Waals surface area contributed by atoms with Crippen molar-refractivity contribution < 1.29 is 9.21 Å². The summed E-state index contributed by atoms with van der Waals surface area (Å²) in [6, 6.07) is 18.8. The van der Waals surface area contributed by atoms with Crippen molar-refractivity contribution in [2.75, 3.05) is 5.32 Å². The Kier molecular flexibility index (Phi) is 5.81. The van der Waals surface area contributed by atoms with Gasteiger partial charge in [0.1, 0.15) is 29.2 Å². The van der Waals surface area contributed by atoms with Gasteiger partial charge in [0.15, 0.2) is 0 Å². The molecule has 0 aliphatic carbocycles. The normalized spacial score (nSPS) is 10.8. The molecule has 3 rings (SSSR count). The van der Waals surface area contributed by atoms with Crippen LogP contribution in [0.3, 0.4) is 0 Å². The molecule has 2 aromatic carbocycles. The minimum atomic E-state index is -0.649. The van der Waals surface area contributed by atoms with Crippen LogP contribution < -0.4 is 5.32 Å². The van der Waals surface area contributed by atoms with Gasteiger partial charge in [0.2, 0.25) is 0 Å². The Morgan fingerprint density at radius 2 is 1.82 bits per heavy atom. The van der Waals surface area contributed by atoms with E-state index in [1.165, 1.54) is 6.08 Å². The van der Waals surface area contributed by atoms with E-state index in [-0.39, 0.29) is 5.57 Å². The molecule has 28 heavy (non-hydrogen) atoms. The van der Waals surface area contributed by atoms with Crippen LogP contribution in [0.15, 0.2) is 64.6 Å². The van der Waals surface area contributed by atoms with Gasteiger partial charge in [0, 0.05) is 11.6 Å². The second-order valence-electron chi connectivity index (χ2n) is 5.58. The monoisotopic (exact) mass is 407 g/mol. The predicted molar refractivity (Wildman–Crippen MR) is 108 cm³/mol. The molecule has 7 heteroatoms. The molecule has 0 aliphatic heterocycles. The molecule has 136 valence electrons. The van der Waals surface area contributed by atoms with E-state index >= 15 is 0 Å². The highest BCUT2D eigenvalue weighted by molar-refractivity contribution is 6.43. The van der Waals surface area contributed by atoms with Gasteiger partial charge in [0.25, 0.3) is 5.91 Å². The smallest absolute Gasteiger partial charge is 0.266 e. The molecule has 5 nitrogen and oxygen atoms in total. The van der Waals surface area contributed by atoms with Gasteiger partial charge in [-0.05, 0) is 36.4 Å². The number of nitrogens with one attached hydrogen (secondary N) is 1. The van der Waals surface area contributed by atoms with Gasteiger partial charge >= 0.3 is 0 Å². The van der Waals surface area contributed by atoms with Crippen molar-refractivity contribution in [1.82, 2.24) is 0 Å². The van der Waals surface area contributed by atoms with Crippen LogP contribution in [0.25, 0.3) is 17.4 Å². The van der Waals surface area contributed by atoms with Crippen LogP contribution in [-0.4, -0.2) is 5.91 Å². The number of para-hydroxylation sites is 1. The van der Waals surface area contributed by atoms with Gasteiger partial charge in [-0.25, -0.2) is 0 Å². The van der Waals surface area contributed by atoms with Crippen molar-refractivity contribution in [3.05, 3.63) is 81.5 Å². The molecule has 0 bridgehead atoms. The maximum absolute atomic E-state index is 12.4. The van der Waals surface area contributed by atoms with E-state index in [4.69, 9.17) is 32.9 Å². The number of carbonyl (C=O) groups excluding carboxylic acids is 1. The first-order valence-corrected chi connectivity index (χ1v) is 8.75. The summed E-state index contributed by atoms with van der Waals surface area (Å²) in [5, 5.41) is 21.7. The van der Waals surface area contributed by atoms with Gasteiger partial charge < -0.3 is 9.73 Å². The second-order valence-corrected chi connectivity index (χ2v) is 6.37. The summed E-state index contributed by atoms with van der Waals surface area (Å²) >= 11 is 12.2. The predicted octanol–water partition coefficient (Wildman–Crippen LogP) is 5.67. The van der Waals surface area contributed by atoms with Gasteiger partial charge in [-0.2, -0.15) is 10.5 Å².